The third kappa shape index (κ3) is 3.17. The number of nitrogens with zero attached hydrogens (tertiary/aromatic N) is 3. The van der Waals surface area contributed by atoms with Crippen molar-refractivity contribution in [2.45, 2.75) is 12.2 Å². The van der Waals surface area contributed by atoms with Gasteiger partial charge in [-0.05, 0) is 12.1 Å². The number of aliphatic hydroxyl groups excluding tert-OH is 2. The third-order valence-corrected chi connectivity index (χ3v) is 4.87. The van der Waals surface area contributed by atoms with E-state index in [0.717, 1.165) is 10.8 Å². The van der Waals surface area contributed by atoms with Gasteiger partial charge in [0.05, 0.1) is 17.6 Å². The van der Waals surface area contributed by atoms with Crippen LogP contribution in [0.1, 0.15) is 10.4 Å². The molecule has 3 N–H and O–H groups in total. The Morgan fingerprint density at radius 1 is 1.07 bits per heavy atom. The van der Waals surface area contributed by atoms with Crippen molar-refractivity contribution in [3.8, 4) is 5.69 Å². The lowest BCUT2D eigenvalue weighted by Crippen LogP contribution is -2.24. The Bertz CT molecular complexity index is 1210. The second kappa shape index (κ2) is 7.11. The number of carbonyl (C=O) groups is 1. The number of halogens is 3. The van der Waals surface area contributed by atoms with Crippen molar-refractivity contribution < 1.29 is 33.3 Å². The van der Waals surface area contributed by atoms with Crippen LogP contribution in [0, 0.1) is 17.5 Å². The van der Waals surface area contributed by atoms with E-state index in [-0.39, 0.29) is 29.9 Å². The summed E-state index contributed by atoms with van der Waals surface area (Å²) in [6.07, 6.45) is -1.35. The molecule has 3 heterocycles. The van der Waals surface area contributed by atoms with Crippen molar-refractivity contribution in [3.05, 3.63) is 63.7 Å². The number of β-amino-alcohol motifs (C(OH)–C–C–N with tert-alkyl or cyclic N) is 2. The van der Waals surface area contributed by atoms with E-state index in [1.165, 1.54) is 17.0 Å². The molecule has 1 fully saturated rings. The molecule has 0 amide bonds. The third-order valence-electron chi connectivity index (χ3n) is 4.87. The summed E-state index contributed by atoms with van der Waals surface area (Å²) >= 11 is 0. The molecule has 156 valence electrons. The monoisotopic (exact) mass is 421 g/mol. The maximum Gasteiger partial charge on any atom is 0.341 e. The van der Waals surface area contributed by atoms with Crippen molar-refractivity contribution >= 4 is 22.8 Å². The van der Waals surface area contributed by atoms with Gasteiger partial charge in [-0.2, -0.15) is 0 Å². The number of carboxylic acid groups (broad SMARTS) is 1. The first-order valence-corrected chi connectivity index (χ1v) is 8.73. The molecule has 11 heteroatoms. The minimum absolute atomic E-state index is 0.0242. The van der Waals surface area contributed by atoms with Crippen molar-refractivity contribution in [2.24, 2.45) is 0 Å². The zero-order chi connectivity index (χ0) is 21.7. The predicted octanol–water partition coefficient (Wildman–Crippen LogP) is 1.04. The number of hydrogen-bond donors (Lipinski definition) is 3. The minimum Gasteiger partial charge on any atom is -0.477 e. The number of aromatic nitrogens is 2. The normalized spacial score (nSPS) is 18.9. The fourth-order valence-electron chi connectivity index (χ4n) is 3.41. The average Bonchev–Trinajstić information content (AvgIpc) is 3.01. The molecule has 4 rings (SSSR count). The van der Waals surface area contributed by atoms with Crippen LogP contribution >= 0.6 is 0 Å². The van der Waals surface area contributed by atoms with Crippen LogP contribution in [-0.4, -0.2) is 56.1 Å². The van der Waals surface area contributed by atoms with Crippen LogP contribution in [0.5, 0.6) is 0 Å². The van der Waals surface area contributed by atoms with Gasteiger partial charge in [-0.1, -0.05) is 0 Å². The number of carboxylic acids is 1. The molecule has 1 aliphatic heterocycles. The molecule has 0 saturated carbocycles. The summed E-state index contributed by atoms with van der Waals surface area (Å²) in [6, 6.07) is 3.43. The lowest BCUT2D eigenvalue weighted by molar-refractivity contribution is 0.0572. The van der Waals surface area contributed by atoms with Gasteiger partial charge < -0.3 is 20.2 Å². The van der Waals surface area contributed by atoms with Gasteiger partial charge in [-0.25, -0.2) is 22.9 Å². The Balaban J connectivity index is 2.02. The van der Waals surface area contributed by atoms with E-state index in [0.29, 0.717) is 12.1 Å². The van der Waals surface area contributed by atoms with Gasteiger partial charge in [0, 0.05) is 31.4 Å². The standard InChI is InChI=1S/C19H14F3N3O5/c20-8-3-11(21)16(12(22)4-8)25-5-10(19(29)30)17(28)9-1-2-15(23-18(9)25)24-6-13(26)14(27)7-24/h1-5,13-14,26-27H,6-7H2,(H,29,30)/t13-,14+. The van der Waals surface area contributed by atoms with Gasteiger partial charge in [-0.15, -0.1) is 0 Å². The Labute approximate surface area is 166 Å². The van der Waals surface area contributed by atoms with E-state index in [1.807, 2.05) is 0 Å². The number of hydrogen-bond acceptors (Lipinski definition) is 6. The number of rotatable bonds is 3. The van der Waals surface area contributed by atoms with Crippen LogP contribution < -0.4 is 10.3 Å². The van der Waals surface area contributed by atoms with E-state index in [2.05, 4.69) is 4.98 Å². The first-order valence-electron chi connectivity index (χ1n) is 8.73. The van der Waals surface area contributed by atoms with Gasteiger partial charge in [0.1, 0.15) is 22.9 Å². The van der Waals surface area contributed by atoms with Crippen LogP contribution in [0.25, 0.3) is 16.7 Å². The highest BCUT2D eigenvalue weighted by molar-refractivity contribution is 5.92. The smallest absolute Gasteiger partial charge is 0.341 e. The van der Waals surface area contributed by atoms with E-state index in [1.54, 1.807) is 0 Å². The maximum atomic E-state index is 14.4. The van der Waals surface area contributed by atoms with Crippen LogP contribution in [0.2, 0.25) is 0 Å². The molecule has 2 atom stereocenters. The van der Waals surface area contributed by atoms with Crippen LogP contribution in [-0.2, 0) is 0 Å². The quantitative estimate of drug-likeness (QED) is 0.579. The summed E-state index contributed by atoms with van der Waals surface area (Å²) in [6.45, 7) is 0.0484. The lowest BCUT2D eigenvalue weighted by Gasteiger charge is -2.19. The van der Waals surface area contributed by atoms with Gasteiger partial charge in [0.25, 0.3) is 0 Å². The van der Waals surface area contributed by atoms with Crippen molar-refractivity contribution in [2.75, 3.05) is 18.0 Å². The summed E-state index contributed by atoms with van der Waals surface area (Å²) in [5.74, 6) is -5.27. The van der Waals surface area contributed by atoms with Gasteiger partial charge in [-0.3, -0.25) is 9.36 Å². The van der Waals surface area contributed by atoms with Crippen LogP contribution in [0.15, 0.2) is 35.3 Å². The zero-order valence-corrected chi connectivity index (χ0v) is 15.1. The highest BCUT2D eigenvalue weighted by Gasteiger charge is 2.31. The number of aliphatic hydroxyl groups is 2. The Kier molecular flexibility index (Phi) is 4.71. The van der Waals surface area contributed by atoms with Crippen LogP contribution in [0.4, 0.5) is 19.0 Å². The Hall–Kier alpha value is -3.44. The number of benzene rings is 1. The van der Waals surface area contributed by atoms with E-state index in [4.69, 9.17) is 0 Å². The summed E-state index contributed by atoms with van der Waals surface area (Å²) < 4.78 is 42.9. The number of fused-ring (bicyclic) bond motifs is 1. The molecule has 8 nitrogen and oxygen atoms in total. The van der Waals surface area contributed by atoms with Crippen LogP contribution in [0.3, 0.4) is 0 Å². The first kappa shape index (κ1) is 19.9. The fourth-order valence-corrected chi connectivity index (χ4v) is 3.41. The molecule has 3 aromatic rings. The largest absolute Gasteiger partial charge is 0.477 e. The maximum absolute atomic E-state index is 14.4. The fraction of sp³-hybridized carbons (Fsp3) is 0.211. The molecule has 2 aromatic heterocycles. The first-order chi connectivity index (χ1) is 14.2. The van der Waals surface area contributed by atoms with E-state index in [9.17, 15) is 38.1 Å². The van der Waals surface area contributed by atoms with E-state index < -0.39 is 52.3 Å². The molecular formula is C19H14F3N3O5. The lowest BCUT2D eigenvalue weighted by atomic mass is 10.1. The van der Waals surface area contributed by atoms with Gasteiger partial charge in [0.2, 0.25) is 5.43 Å². The average molecular weight is 421 g/mol. The Morgan fingerprint density at radius 3 is 2.23 bits per heavy atom. The molecule has 0 aliphatic carbocycles. The predicted molar refractivity (Wildman–Crippen MR) is 98.4 cm³/mol. The summed E-state index contributed by atoms with van der Waals surface area (Å²) in [5, 5.41) is 28.6. The Morgan fingerprint density at radius 2 is 1.67 bits per heavy atom. The molecule has 0 spiro atoms. The topological polar surface area (TPSA) is 116 Å². The molecule has 30 heavy (non-hydrogen) atoms. The number of anilines is 1. The highest BCUT2D eigenvalue weighted by atomic mass is 19.1. The molecule has 0 bridgehead atoms. The SMILES string of the molecule is O=C(O)c1cn(-c2c(F)cc(F)cc2F)c2nc(N3C[C@@H](O)[C@@H](O)C3)ccc2c1=O. The molecule has 1 saturated heterocycles. The molecule has 1 aliphatic rings. The molecular weight excluding hydrogens is 407 g/mol. The summed E-state index contributed by atoms with van der Waals surface area (Å²) in [7, 11) is 0. The highest BCUT2D eigenvalue weighted by Crippen LogP contribution is 2.26. The second-order valence-electron chi connectivity index (χ2n) is 6.85. The second-order valence-corrected chi connectivity index (χ2v) is 6.85. The number of aromatic carboxylic acids is 1. The van der Waals surface area contributed by atoms with Crippen molar-refractivity contribution in [3.63, 3.8) is 0 Å². The van der Waals surface area contributed by atoms with Gasteiger partial charge >= 0.3 is 5.97 Å². The summed E-state index contributed by atoms with van der Waals surface area (Å²) in [5.41, 5.74) is -2.76. The summed E-state index contributed by atoms with van der Waals surface area (Å²) in [4.78, 5) is 29.7. The van der Waals surface area contributed by atoms with E-state index >= 15 is 0 Å². The number of pyridine rings is 2. The van der Waals surface area contributed by atoms with Crippen molar-refractivity contribution in [1.82, 2.24) is 9.55 Å². The molecule has 1 aromatic carbocycles. The minimum atomic E-state index is -1.62. The zero-order valence-electron chi connectivity index (χ0n) is 15.1. The molecule has 0 radical (unpaired) electrons. The molecule has 0 unspecified atom stereocenters. The van der Waals surface area contributed by atoms with Gasteiger partial charge in [0.15, 0.2) is 17.3 Å². The van der Waals surface area contributed by atoms with Crippen molar-refractivity contribution in [1.29, 1.82) is 0 Å².